The average molecular weight is 350 g/mol. The fourth-order valence-electron chi connectivity index (χ4n) is 4.85. The zero-order chi connectivity index (χ0) is 17.7. The molecule has 0 bridgehead atoms. The standard InChI is InChI=1S/C20H39N5/c1-4-21-19(25-10-9-20(17-25)7-5-6-8-20)22-15-18(2)16-24-13-11-23(3)12-14-24/h18H,4-17H2,1-3H3,(H,21,22). The molecule has 2 aliphatic heterocycles. The lowest BCUT2D eigenvalue weighted by molar-refractivity contribution is 0.140. The summed E-state index contributed by atoms with van der Waals surface area (Å²) in [6.07, 6.45) is 7.10. The molecule has 1 unspecified atom stereocenters. The highest BCUT2D eigenvalue weighted by Gasteiger charge is 2.41. The molecule has 3 rings (SSSR count). The highest BCUT2D eigenvalue weighted by Crippen LogP contribution is 2.45. The van der Waals surface area contributed by atoms with E-state index in [2.05, 4.69) is 40.9 Å². The van der Waals surface area contributed by atoms with Gasteiger partial charge in [0.1, 0.15) is 0 Å². The van der Waals surface area contributed by atoms with E-state index >= 15 is 0 Å². The minimum atomic E-state index is 0.613. The molecule has 5 nitrogen and oxygen atoms in total. The van der Waals surface area contributed by atoms with Crippen molar-refractivity contribution in [2.24, 2.45) is 16.3 Å². The van der Waals surface area contributed by atoms with Crippen LogP contribution in [0.25, 0.3) is 0 Å². The van der Waals surface area contributed by atoms with Crippen LogP contribution in [0.15, 0.2) is 4.99 Å². The molecule has 2 heterocycles. The molecule has 0 radical (unpaired) electrons. The summed E-state index contributed by atoms with van der Waals surface area (Å²) in [6.45, 7) is 14.9. The first-order chi connectivity index (χ1) is 12.1. The fraction of sp³-hybridized carbons (Fsp3) is 0.950. The summed E-state index contributed by atoms with van der Waals surface area (Å²) in [5.41, 5.74) is 0.613. The van der Waals surface area contributed by atoms with Gasteiger partial charge < -0.3 is 20.0 Å². The van der Waals surface area contributed by atoms with Gasteiger partial charge >= 0.3 is 0 Å². The topological polar surface area (TPSA) is 34.1 Å². The van der Waals surface area contributed by atoms with Crippen LogP contribution >= 0.6 is 0 Å². The molecule has 1 N–H and O–H groups in total. The van der Waals surface area contributed by atoms with Crippen LogP contribution in [0.5, 0.6) is 0 Å². The minimum absolute atomic E-state index is 0.613. The zero-order valence-electron chi connectivity index (χ0n) is 16.8. The number of hydrogen-bond acceptors (Lipinski definition) is 3. The van der Waals surface area contributed by atoms with Gasteiger partial charge in [-0.1, -0.05) is 19.8 Å². The lowest BCUT2D eigenvalue weighted by Gasteiger charge is -2.33. The third-order valence-electron chi connectivity index (χ3n) is 6.46. The first-order valence-corrected chi connectivity index (χ1v) is 10.5. The third kappa shape index (κ3) is 5.10. The molecule has 2 saturated heterocycles. The van der Waals surface area contributed by atoms with Crippen LogP contribution in [0, 0.1) is 11.3 Å². The Balaban J connectivity index is 1.49. The smallest absolute Gasteiger partial charge is 0.193 e. The summed E-state index contributed by atoms with van der Waals surface area (Å²) in [5, 5.41) is 3.55. The normalized spacial score (nSPS) is 26.5. The molecule has 3 aliphatic rings. The number of guanidine groups is 1. The molecule has 0 aromatic carbocycles. The Morgan fingerprint density at radius 1 is 1.08 bits per heavy atom. The Morgan fingerprint density at radius 3 is 2.48 bits per heavy atom. The van der Waals surface area contributed by atoms with E-state index in [1.807, 2.05) is 0 Å². The lowest BCUT2D eigenvalue weighted by Crippen LogP contribution is -2.46. The van der Waals surface area contributed by atoms with Crippen molar-refractivity contribution in [3.63, 3.8) is 0 Å². The van der Waals surface area contributed by atoms with E-state index < -0.39 is 0 Å². The van der Waals surface area contributed by atoms with E-state index in [9.17, 15) is 0 Å². The number of piperazine rings is 1. The number of likely N-dealkylation sites (N-methyl/N-ethyl adjacent to an activating group) is 1. The molecule has 144 valence electrons. The molecular weight excluding hydrogens is 310 g/mol. The summed E-state index contributed by atoms with van der Waals surface area (Å²) in [6, 6.07) is 0. The maximum Gasteiger partial charge on any atom is 0.193 e. The molecule has 1 spiro atoms. The van der Waals surface area contributed by atoms with Crippen LogP contribution in [0.4, 0.5) is 0 Å². The number of nitrogens with zero attached hydrogens (tertiary/aromatic N) is 4. The predicted molar refractivity (Wildman–Crippen MR) is 106 cm³/mol. The van der Waals surface area contributed by atoms with Gasteiger partial charge in [-0.05, 0) is 44.6 Å². The average Bonchev–Trinajstić information content (AvgIpc) is 3.24. The number of hydrogen-bond donors (Lipinski definition) is 1. The molecule has 25 heavy (non-hydrogen) atoms. The van der Waals surface area contributed by atoms with E-state index in [-0.39, 0.29) is 0 Å². The van der Waals surface area contributed by atoms with Crippen molar-refractivity contribution in [2.75, 3.05) is 66.0 Å². The number of likely N-dealkylation sites (tertiary alicyclic amines) is 1. The minimum Gasteiger partial charge on any atom is -0.357 e. The molecule has 0 aromatic heterocycles. The predicted octanol–water partition coefficient (Wildman–Crippen LogP) is 2.10. The second-order valence-corrected chi connectivity index (χ2v) is 8.78. The first kappa shape index (κ1) is 19.0. The van der Waals surface area contributed by atoms with Crippen LogP contribution in [-0.4, -0.2) is 86.6 Å². The third-order valence-corrected chi connectivity index (χ3v) is 6.46. The summed E-state index contributed by atoms with van der Waals surface area (Å²) in [4.78, 5) is 12.6. The van der Waals surface area contributed by atoms with Gasteiger partial charge in [0.2, 0.25) is 0 Å². The van der Waals surface area contributed by atoms with Crippen LogP contribution in [0.2, 0.25) is 0 Å². The summed E-state index contributed by atoms with van der Waals surface area (Å²) in [7, 11) is 2.22. The molecular formula is C20H39N5. The highest BCUT2D eigenvalue weighted by atomic mass is 15.3. The summed E-state index contributed by atoms with van der Waals surface area (Å²) in [5.74, 6) is 1.79. The number of aliphatic imine (C=N–C) groups is 1. The van der Waals surface area contributed by atoms with Crippen molar-refractivity contribution in [1.82, 2.24) is 20.0 Å². The van der Waals surface area contributed by atoms with Crippen LogP contribution < -0.4 is 5.32 Å². The summed E-state index contributed by atoms with van der Waals surface area (Å²) >= 11 is 0. The van der Waals surface area contributed by atoms with Crippen LogP contribution in [-0.2, 0) is 0 Å². The van der Waals surface area contributed by atoms with Gasteiger partial charge in [-0.2, -0.15) is 0 Å². The zero-order valence-corrected chi connectivity index (χ0v) is 16.8. The van der Waals surface area contributed by atoms with Gasteiger partial charge in [0, 0.05) is 58.9 Å². The Morgan fingerprint density at radius 2 is 1.80 bits per heavy atom. The van der Waals surface area contributed by atoms with Crippen molar-refractivity contribution in [2.45, 2.75) is 46.0 Å². The molecule has 1 saturated carbocycles. The molecule has 3 fully saturated rings. The van der Waals surface area contributed by atoms with Gasteiger partial charge in [-0.3, -0.25) is 4.99 Å². The van der Waals surface area contributed by atoms with Crippen molar-refractivity contribution < 1.29 is 0 Å². The molecule has 0 aromatic rings. The van der Waals surface area contributed by atoms with Crippen molar-refractivity contribution >= 4 is 5.96 Å². The van der Waals surface area contributed by atoms with Crippen molar-refractivity contribution in [3.05, 3.63) is 0 Å². The SMILES string of the molecule is CCNC(=NCC(C)CN1CCN(C)CC1)N1CCC2(CCCC2)C1. The Bertz CT molecular complexity index is 435. The second-order valence-electron chi connectivity index (χ2n) is 8.78. The van der Waals surface area contributed by atoms with Crippen LogP contribution in [0.1, 0.15) is 46.0 Å². The molecule has 0 amide bonds. The van der Waals surface area contributed by atoms with Gasteiger partial charge in [-0.15, -0.1) is 0 Å². The van der Waals surface area contributed by atoms with Gasteiger partial charge in [0.05, 0.1) is 0 Å². The van der Waals surface area contributed by atoms with E-state index in [0.29, 0.717) is 11.3 Å². The van der Waals surface area contributed by atoms with E-state index in [1.54, 1.807) is 0 Å². The summed E-state index contributed by atoms with van der Waals surface area (Å²) < 4.78 is 0. The number of nitrogens with one attached hydrogen (secondary N) is 1. The fourth-order valence-corrected chi connectivity index (χ4v) is 4.85. The Hall–Kier alpha value is -0.810. The van der Waals surface area contributed by atoms with Crippen molar-refractivity contribution in [3.8, 4) is 0 Å². The van der Waals surface area contributed by atoms with E-state index in [0.717, 1.165) is 19.0 Å². The maximum atomic E-state index is 5.02. The quantitative estimate of drug-likeness (QED) is 0.609. The molecule has 1 atom stereocenters. The Kier molecular flexibility index (Phi) is 6.61. The number of rotatable bonds is 5. The first-order valence-electron chi connectivity index (χ1n) is 10.5. The van der Waals surface area contributed by atoms with Crippen LogP contribution in [0.3, 0.4) is 0 Å². The molecule has 5 heteroatoms. The monoisotopic (exact) mass is 349 g/mol. The van der Waals surface area contributed by atoms with Gasteiger partial charge in [-0.25, -0.2) is 0 Å². The maximum absolute atomic E-state index is 5.02. The van der Waals surface area contributed by atoms with Crippen molar-refractivity contribution in [1.29, 1.82) is 0 Å². The molecule has 1 aliphatic carbocycles. The van der Waals surface area contributed by atoms with Gasteiger partial charge in [0.15, 0.2) is 5.96 Å². The van der Waals surface area contributed by atoms with E-state index in [4.69, 9.17) is 4.99 Å². The second kappa shape index (κ2) is 8.72. The lowest BCUT2D eigenvalue weighted by atomic mass is 9.86. The largest absolute Gasteiger partial charge is 0.357 e. The Labute approximate surface area is 154 Å². The highest BCUT2D eigenvalue weighted by molar-refractivity contribution is 5.80. The van der Waals surface area contributed by atoms with E-state index in [1.165, 1.54) is 77.9 Å². The van der Waals surface area contributed by atoms with Gasteiger partial charge in [0.25, 0.3) is 0 Å².